The number of likely N-dealkylation sites (tertiary alicyclic amines) is 1. The number of aromatic nitrogens is 3. The van der Waals surface area contributed by atoms with Crippen LogP contribution >= 0.6 is 0 Å². The van der Waals surface area contributed by atoms with E-state index >= 15 is 0 Å². The van der Waals surface area contributed by atoms with Gasteiger partial charge in [0.2, 0.25) is 11.1 Å². The molecule has 2 aliphatic heterocycles. The Morgan fingerprint density at radius 2 is 1.71 bits per heavy atom. The molecular formula is C23H32N6OS. The molecule has 2 aromatic rings. The van der Waals surface area contributed by atoms with Gasteiger partial charge in [0, 0.05) is 24.3 Å². The minimum Gasteiger partial charge on any atom is -0.322 e. The van der Waals surface area contributed by atoms with Gasteiger partial charge in [-0.1, -0.05) is 6.07 Å². The lowest BCUT2D eigenvalue weighted by Crippen LogP contribution is -2.50. The van der Waals surface area contributed by atoms with Gasteiger partial charge in [-0.2, -0.15) is 4.98 Å². The van der Waals surface area contributed by atoms with Crippen molar-refractivity contribution in [2.24, 2.45) is 0 Å². The van der Waals surface area contributed by atoms with E-state index in [0.717, 1.165) is 38.8 Å². The number of anilines is 2. The molecule has 2 N–H and O–H groups in total. The molecule has 8 heteroatoms. The maximum absolute atomic E-state index is 13.2. The van der Waals surface area contributed by atoms with Crippen LogP contribution in [-0.4, -0.2) is 60.8 Å². The molecule has 166 valence electrons. The second kappa shape index (κ2) is 7.67. The van der Waals surface area contributed by atoms with Crippen molar-refractivity contribution in [3.8, 4) is 0 Å². The van der Waals surface area contributed by atoms with Crippen LogP contribution in [0.4, 0.5) is 11.6 Å². The zero-order chi connectivity index (χ0) is 21.0. The predicted molar refractivity (Wildman–Crippen MR) is 122 cm³/mol. The zero-order valence-electron chi connectivity index (χ0n) is 18.4. The summed E-state index contributed by atoms with van der Waals surface area (Å²) in [7, 11) is 0.953. The van der Waals surface area contributed by atoms with Gasteiger partial charge in [-0.3, -0.25) is 0 Å². The minimum absolute atomic E-state index is 0.322. The van der Waals surface area contributed by atoms with Crippen LogP contribution in [0.25, 0.3) is 0 Å². The molecule has 4 aliphatic rings. The summed E-state index contributed by atoms with van der Waals surface area (Å²) in [6.45, 7) is 2.88. The van der Waals surface area contributed by atoms with Crippen LogP contribution < -0.4 is 5.32 Å². The second-order valence-electron chi connectivity index (χ2n) is 9.75. The highest BCUT2D eigenvalue weighted by Gasteiger charge is 2.42. The van der Waals surface area contributed by atoms with Gasteiger partial charge in [0.1, 0.15) is 0 Å². The number of aryl methyl sites for hydroxylation is 2. The summed E-state index contributed by atoms with van der Waals surface area (Å²) in [5, 5.41) is 11.3. The Balaban J connectivity index is 1.18. The summed E-state index contributed by atoms with van der Waals surface area (Å²) in [6, 6.07) is 2.43. The number of rotatable bonds is 4. The van der Waals surface area contributed by atoms with Crippen LogP contribution in [-0.2, 0) is 36.7 Å². The lowest BCUT2D eigenvalue weighted by Gasteiger charge is -2.42. The van der Waals surface area contributed by atoms with E-state index in [4.69, 9.17) is 0 Å². The van der Waals surface area contributed by atoms with Crippen LogP contribution in [0.5, 0.6) is 0 Å². The van der Waals surface area contributed by atoms with Crippen molar-refractivity contribution in [3.63, 3.8) is 0 Å². The number of nitrogens with one attached hydrogen (secondary N) is 2. The van der Waals surface area contributed by atoms with Gasteiger partial charge in [0.25, 0.3) is 0 Å². The summed E-state index contributed by atoms with van der Waals surface area (Å²) in [5.41, 5.74) is 7.40. The number of benzene rings is 1. The van der Waals surface area contributed by atoms with Crippen LogP contribution in [0.3, 0.4) is 0 Å². The fourth-order valence-corrected chi connectivity index (χ4v) is 7.40. The number of fused-ring (bicyclic) bond motifs is 2. The van der Waals surface area contributed by atoms with Gasteiger partial charge in [-0.25, -0.2) is 13.6 Å². The lowest BCUT2D eigenvalue weighted by molar-refractivity contribution is 0.103. The molecule has 2 aliphatic carbocycles. The normalized spacial score (nSPS) is 23.9. The Hall–Kier alpha value is -1.77. The fourth-order valence-electron chi connectivity index (χ4n) is 6.36. The van der Waals surface area contributed by atoms with E-state index in [1.165, 1.54) is 73.0 Å². The van der Waals surface area contributed by atoms with Gasteiger partial charge in [0.15, 0.2) is 11.0 Å². The molecule has 0 radical (unpaired) electrons. The molecule has 3 heterocycles. The SMILES string of the molecule is CN1CCCC12CCN(S(=O)c1nc(Nc3c4c(cc5c3CCC5)CCC4)n[nH]1)CC2. The van der Waals surface area contributed by atoms with E-state index < -0.39 is 11.0 Å². The third-order valence-electron chi connectivity index (χ3n) is 8.17. The topological polar surface area (TPSA) is 77.2 Å². The van der Waals surface area contributed by atoms with E-state index in [-0.39, 0.29) is 0 Å². The number of H-pyrrole nitrogens is 1. The molecule has 31 heavy (non-hydrogen) atoms. The smallest absolute Gasteiger partial charge is 0.247 e. The molecular weight excluding hydrogens is 408 g/mol. The molecule has 1 spiro atoms. The van der Waals surface area contributed by atoms with E-state index in [1.54, 1.807) is 0 Å². The van der Waals surface area contributed by atoms with Crippen molar-refractivity contribution >= 4 is 22.6 Å². The maximum atomic E-state index is 13.2. The van der Waals surface area contributed by atoms with Crippen molar-refractivity contribution in [2.75, 3.05) is 32.0 Å². The van der Waals surface area contributed by atoms with Crippen molar-refractivity contribution in [1.82, 2.24) is 24.4 Å². The monoisotopic (exact) mass is 440 g/mol. The summed E-state index contributed by atoms with van der Waals surface area (Å²) < 4.78 is 15.2. The standard InChI is InChI=1S/C23H32N6OS/c1-28-12-4-9-23(28)10-13-29(14-11-23)31(30)22-25-21(26-27-22)24-20-18-7-2-5-16(18)15-17-6-3-8-19(17)20/h15H,2-14H2,1H3,(H2,24,25,26,27). The number of piperidine rings is 1. The summed E-state index contributed by atoms with van der Waals surface area (Å²) >= 11 is 0. The highest BCUT2D eigenvalue weighted by atomic mass is 32.2. The van der Waals surface area contributed by atoms with Gasteiger partial charge in [-0.05, 0) is 100 Å². The largest absolute Gasteiger partial charge is 0.322 e. The number of hydrogen-bond acceptors (Lipinski definition) is 5. The molecule has 2 saturated heterocycles. The average Bonchev–Trinajstić information content (AvgIpc) is 3.57. The van der Waals surface area contributed by atoms with Crippen molar-refractivity contribution in [1.29, 1.82) is 0 Å². The predicted octanol–water partition coefficient (Wildman–Crippen LogP) is 3.11. The number of aromatic amines is 1. The zero-order valence-corrected chi connectivity index (χ0v) is 19.2. The molecule has 1 aromatic carbocycles. The molecule has 1 aromatic heterocycles. The molecule has 0 saturated carbocycles. The molecule has 0 amide bonds. The average molecular weight is 441 g/mol. The fraction of sp³-hybridized carbons (Fsp3) is 0.652. The van der Waals surface area contributed by atoms with Gasteiger partial charge in [0.05, 0.1) is 0 Å². The molecule has 2 fully saturated rings. The molecule has 1 unspecified atom stereocenters. The highest BCUT2D eigenvalue weighted by Crippen LogP contribution is 2.40. The Labute approximate surface area is 186 Å². The first-order valence-electron chi connectivity index (χ1n) is 11.9. The Bertz CT molecular complexity index is 993. The molecule has 6 rings (SSSR count). The summed E-state index contributed by atoms with van der Waals surface area (Å²) in [4.78, 5) is 7.12. The van der Waals surface area contributed by atoms with Crippen LogP contribution in [0, 0.1) is 0 Å². The summed E-state index contributed by atoms with van der Waals surface area (Å²) in [6.07, 6.45) is 11.8. The van der Waals surface area contributed by atoms with E-state index in [1.807, 2.05) is 0 Å². The first kappa shape index (κ1) is 19.9. The highest BCUT2D eigenvalue weighted by molar-refractivity contribution is 7.82. The van der Waals surface area contributed by atoms with Gasteiger partial charge < -0.3 is 10.2 Å². The minimum atomic E-state index is -1.29. The van der Waals surface area contributed by atoms with Crippen molar-refractivity contribution in [3.05, 3.63) is 28.3 Å². The maximum Gasteiger partial charge on any atom is 0.247 e. The van der Waals surface area contributed by atoms with Crippen LogP contribution in [0.1, 0.15) is 60.8 Å². The molecule has 1 atom stereocenters. The van der Waals surface area contributed by atoms with Crippen LogP contribution in [0.2, 0.25) is 0 Å². The Morgan fingerprint density at radius 3 is 2.35 bits per heavy atom. The van der Waals surface area contributed by atoms with E-state index in [0.29, 0.717) is 16.6 Å². The van der Waals surface area contributed by atoms with Crippen molar-refractivity contribution in [2.45, 2.75) is 74.9 Å². The third kappa shape index (κ3) is 3.34. The molecule has 0 bridgehead atoms. The van der Waals surface area contributed by atoms with Crippen molar-refractivity contribution < 1.29 is 4.21 Å². The summed E-state index contributed by atoms with van der Waals surface area (Å²) in [5.74, 6) is 0.543. The first-order chi connectivity index (χ1) is 15.1. The lowest BCUT2D eigenvalue weighted by atomic mass is 9.86. The molecule has 7 nitrogen and oxygen atoms in total. The van der Waals surface area contributed by atoms with E-state index in [2.05, 4.69) is 42.8 Å². The van der Waals surface area contributed by atoms with E-state index in [9.17, 15) is 4.21 Å². The Kier molecular flexibility index (Phi) is 4.92. The number of nitrogens with zero attached hydrogens (tertiary/aromatic N) is 4. The van der Waals surface area contributed by atoms with Crippen LogP contribution in [0.15, 0.2) is 11.2 Å². The second-order valence-corrected chi connectivity index (χ2v) is 11.2. The van der Waals surface area contributed by atoms with Gasteiger partial charge >= 0.3 is 0 Å². The third-order valence-corrected chi connectivity index (χ3v) is 9.52. The Morgan fingerprint density at radius 1 is 1.00 bits per heavy atom. The quantitative estimate of drug-likeness (QED) is 0.764. The first-order valence-corrected chi connectivity index (χ1v) is 13.0. The van der Waals surface area contributed by atoms with Gasteiger partial charge in [-0.15, -0.1) is 5.10 Å². The number of hydrogen-bond donors (Lipinski definition) is 2.